The van der Waals surface area contributed by atoms with Gasteiger partial charge in [-0.2, -0.15) is 0 Å². The number of benzene rings is 1. The fraction of sp³-hybridized carbons (Fsp3) is 0.500. The monoisotopic (exact) mass is 250 g/mol. The molecule has 0 heterocycles. The van der Waals surface area contributed by atoms with Crippen LogP contribution < -0.4 is 10.2 Å². The van der Waals surface area contributed by atoms with Gasteiger partial charge in [0, 0.05) is 24.8 Å². The van der Waals surface area contributed by atoms with E-state index in [1.807, 2.05) is 43.0 Å². The highest BCUT2D eigenvalue weighted by atomic mass is 16.3. The van der Waals surface area contributed by atoms with E-state index < -0.39 is 6.10 Å². The Balaban J connectivity index is 3.01. The number of hydrogen-bond donors (Lipinski definition) is 2. The third-order valence-electron chi connectivity index (χ3n) is 3.02. The van der Waals surface area contributed by atoms with Crippen molar-refractivity contribution in [3.8, 4) is 0 Å². The molecule has 0 aliphatic carbocycles. The summed E-state index contributed by atoms with van der Waals surface area (Å²) in [5.74, 6) is -0.0300. The lowest BCUT2D eigenvalue weighted by atomic mass is 10.0. The number of rotatable bonds is 6. The third-order valence-corrected chi connectivity index (χ3v) is 3.02. The van der Waals surface area contributed by atoms with Crippen LogP contribution in [0.15, 0.2) is 24.3 Å². The molecule has 0 saturated heterocycles. The molecular formula is C14H22N2O2. The molecule has 1 atom stereocenters. The average Bonchev–Trinajstić information content (AvgIpc) is 2.43. The second kappa shape index (κ2) is 7.01. The fourth-order valence-corrected chi connectivity index (χ4v) is 1.90. The van der Waals surface area contributed by atoms with E-state index in [1.54, 1.807) is 7.05 Å². The Bertz CT molecular complexity index is 393. The third kappa shape index (κ3) is 3.47. The van der Waals surface area contributed by atoms with Crippen LogP contribution in [0, 0.1) is 0 Å². The first-order valence-corrected chi connectivity index (χ1v) is 6.36. The molecular weight excluding hydrogens is 228 g/mol. The molecule has 0 bridgehead atoms. The molecule has 1 aromatic carbocycles. The molecule has 4 heteroatoms. The maximum atomic E-state index is 11.5. The zero-order valence-corrected chi connectivity index (χ0v) is 11.3. The van der Waals surface area contributed by atoms with Gasteiger partial charge in [0.2, 0.25) is 5.91 Å². The Morgan fingerprint density at radius 2 is 2.06 bits per heavy atom. The summed E-state index contributed by atoms with van der Waals surface area (Å²) in [6.45, 7) is 4.97. The highest BCUT2D eigenvalue weighted by Crippen LogP contribution is 2.27. The van der Waals surface area contributed by atoms with Crippen LogP contribution in [-0.4, -0.2) is 31.2 Å². The number of carbonyl (C=O) groups is 1. The van der Waals surface area contributed by atoms with E-state index >= 15 is 0 Å². The Morgan fingerprint density at radius 3 is 2.61 bits per heavy atom. The minimum atomic E-state index is -0.486. The summed E-state index contributed by atoms with van der Waals surface area (Å²) in [5.41, 5.74) is 1.81. The quantitative estimate of drug-likeness (QED) is 0.808. The van der Waals surface area contributed by atoms with E-state index in [1.165, 1.54) is 0 Å². The maximum Gasteiger partial charge on any atom is 0.239 e. The molecule has 4 nitrogen and oxygen atoms in total. The first-order valence-electron chi connectivity index (χ1n) is 6.36. The van der Waals surface area contributed by atoms with Gasteiger partial charge in [-0.25, -0.2) is 0 Å². The number of hydrogen-bond acceptors (Lipinski definition) is 3. The van der Waals surface area contributed by atoms with Crippen molar-refractivity contribution in [2.45, 2.75) is 26.4 Å². The summed E-state index contributed by atoms with van der Waals surface area (Å²) >= 11 is 0. The van der Waals surface area contributed by atoms with Crippen LogP contribution in [0.3, 0.4) is 0 Å². The predicted octanol–water partition coefficient (Wildman–Crippen LogP) is 1.70. The van der Waals surface area contributed by atoms with Crippen molar-refractivity contribution in [2.75, 3.05) is 25.0 Å². The van der Waals surface area contributed by atoms with Crippen molar-refractivity contribution >= 4 is 11.6 Å². The number of nitrogens with zero attached hydrogens (tertiary/aromatic N) is 1. The minimum absolute atomic E-state index is 0.0300. The van der Waals surface area contributed by atoms with E-state index in [4.69, 9.17) is 0 Å². The summed E-state index contributed by atoms with van der Waals surface area (Å²) in [7, 11) is 1.63. The molecule has 2 N–H and O–H groups in total. The minimum Gasteiger partial charge on any atom is -0.388 e. The molecule has 0 spiro atoms. The fourth-order valence-electron chi connectivity index (χ4n) is 1.90. The molecule has 1 aromatic rings. The highest BCUT2D eigenvalue weighted by molar-refractivity contribution is 5.81. The Hall–Kier alpha value is -1.55. The largest absolute Gasteiger partial charge is 0.388 e. The standard InChI is InChI=1S/C14H22N2O2/c1-4-13(17)11-8-6-7-9-12(11)16(5-2)10-14(18)15-3/h6-9,13,17H,4-5,10H2,1-3H3,(H,15,18)/t13-/m1/s1. The van der Waals surface area contributed by atoms with E-state index in [0.717, 1.165) is 17.8 Å². The summed E-state index contributed by atoms with van der Waals surface area (Å²) in [6.07, 6.45) is 0.175. The summed E-state index contributed by atoms with van der Waals surface area (Å²) in [6, 6.07) is 7.69. The zero-order valence-electron chi connectivity index (χ0n) is 11.3. The number of aliphatic hydroxyl groups excluding tert-OH is 1. The van der Waals surface area contributed by atoms with Gasteiger partial charge < -0.3 is 15.3 Å². The highest BCUT2D eigenvalue weighted by Gasteiger charge is 2.16. The molecule has 0 radical (unpaired) electrons. The zero-order chi connectivity index (χ0) is 13.5. The van der Waals surface area contributed by atoms with Crippen molar-refractivity contribution < 1.29 is 9.90 Å². The van der Waals surface area contributed by atoms with Crippen molar-refractivity contribution in [3.05, 3.63) is 29.8 Å². The van der Waals surface area contributed by atoms with E-state index in [-0.39, 0.29) is 5.91 Å². The lowest BCUT2D eigenvalue weighted by Gasteiger charge is -2.26. The van der Waals surface area contributed by atoms with Gasteiger partial charge in [-0.3, -0.25) is 4.79 Å². The Morgan fingerprint density at radius 1 is 1.39 bits per heavy atom. The number of aliphatic hydroxyl groups is 1. The van der Waals surface area contributed by atoms with Crippen LogP contribution in [0.2, 0.25) is 0 Å². The smallest absolute Gasteiger partial charge is 0.239 e. The van der Waals surface area contributed by atoms with E-state index in [0.29, 0.717) is 13.0 Å². The number of anilines is 1. The van der Waals surface area contributed by atoms with Gasteiger partial charge in [-0.15, -0.1) is 0 Å². The first-order chi connectivity index (χ1) is 8.63. The molecule has 0 saturated carbocycles. The molecule has 0 aliphatic heterocycles. The first kappa shape index (κ1) is 14.5. The second-order valence-electron chi connectivity index (χ2n) is 4.17. The van der Waals surface area contributed by atoms with Gasteiger partial charge in [-0.05, 0) is 19.4 Å². The van der Waals surface area contributed by atoms with Crippen LogP contribution >= 0.6 is 0 Å². The summed E-state index contributed by atoms with van der Waals surface area (Å²) in [4.78, 5) is 13.5. The number of carbonyl (C=O) groups excluding carboxylic acids is 1. The van der Waals surface area contributed by atoms with Crippen LogP contribution in [0.25, 0.3) is 0 Å². The number of likely N-dealkylation sites (N-methyl/N-ethyl adjacent to an activating group) is 2. The van der Waals surface area contributed by atoms with Gasteiger partial charge in [0.1, 0.15) is 0 Å². The molecule has 0 fully saturated rings. The molecule has 1 rings (SSSR count). The lowest BCUT2D eigenvalue weighted by Crippen LogP contribution is -2.36. The van der Waals surface area contributed by atoms with Gasteiger partial charge in [-0.1, -0.05) is 25.1 Å². The van der Waals surface area contributed by atoms with Crippen LogP contribution in [0.1, 0.15) is 31.9 Å². The number of para-hydroxylation sites is 1. The summed E-state index contributed by atoms with van der Waals surface area (Å²) in [5, 5.41) is 12.6. The molecule has 0 aromatic heterocycles. The van der Waals surface area contributed by atoms with Gasteiger partial charge >= 0.3 is 0 Å². The van der Waals surface area contributed by atoms with Crippen molar-refractivity contribution in [1.29, 1.82) is 0 Å². The Labute approximate surface area is 109 Å². The average molecular weight is 250 g/mol. The second-order valence-corrected chi connectivity index (χ2v) is 4.17. The number of amides is 1. The molecule has 0 aliphatic rings. The van der Waals surface area contributed by atoms with Gasteiger partial charge in [0.05, 0.1) is 12.6 Å². The van der Waals surface area contributed by atoms with Crippen molar-refractivity contribution in [2.24, 2.45) is 0 Å². The molecule has 0 unspecified atom stereocenters. The van der Waals surface area contributed by atoms with Crippen molar-refractivity contribution in [3.63, 3.8) is 0 Å². The van der Waals surface area contributed by atoms with Crippen LogP contribution in [-0.2, 0) is 4.79 Å². The summed E-state index contributed by atoms with van der Waals surface area (Å²) < 4.78 is 0. The Kier molecular flexibility index (Phi) is 5.65. The lowest BCUT2D eigenvalue weighted by molar-refractivity contribution is -0.119. The maximum absolute atomic E-state index is 11.5. The number of nitrogens with one attached hydrogen (secondary N) is 1. The van der Waals surface area contributed by atoms with Gasteiger partial charge in [0.15, 0.2) is 0 Å². The van der Waals surface area contributed by atoms with Crippen molar-refractivity contribution in [1.82, 2.24) is 5.32 Å². The van der Waals surface area contributed by atoms with Gasteiger partial charge in [0.25, 0.3) is 0 Å². The van der Waals surface area contributed by atoms with E-state index in [2.05, 4.69) is 5.32 Å². The molecule has 18 heavy (non-hydrogen) atoms. The normalized spacial score (nSPS) is 12.0. The van der Waals surface area contributed by atoms with Crippen LogP contribution in [0.4, 0.5) is 5.69 Å². The topological polar surface area (TPSA) is 52.6 Å². The molecule has 100 valence electrons. The predicted molar refractivity (Wildman–Crippen MR) is 73.6 cm³/mol. The molecule has 1 amide bonds. The van der Waals surface area contributed by atoms with E-state index in [9.17, 15) is 9.90 Å². The SMILES string of the molecule is CC[C@@H](O)c1ccccc1N(CC)CC(=O)NC. The van der Waals surface area contributed by atoms with Crippen LogP contribution in [0.5, 0.6) is 0 Å².